The zero-order valence-corrected chi connectivity index (χ0v) is 11.5. The predicted molar refractivity (Wildman–Crippen MR) is 73.0 cm³/mol. The molecular weight excluding hydrogens is 250 g/mol. The van der Waals surface area contributed by atoms with Crippen LogP contribution in [0, 0.1) is 0 Å². The molecule has 0 aromatic heterocycles. The zero-order valence-electron chi connectivity index (χ0n) is 10.7. The van der Waals surface area contributed by atoms with Gasteiger partial charge in [-0.05, 0) is 19.0 Å². The monoisotopic (exact) mass is 269 g/mol. The second kappa shape index (κ2) is 7.10. The molecule has 0 bridgehead atoms. The quantitative estimate of drug-likeness (QED) is 0.772. The molecule has 1 N–H and O–H groups in total. The van der Waals surface area contributed by atoms with E-state index in [4.69, 9.17) is 21.1 Å². The van der Waals surface area contributed by atoms with E-state index in [2.05, 4.69) is 12.2 Å². The van der Waals surface area contributed by atoms with Crippen molar-refractivity contribution in [3.63, 3.8) is 0 Å². The Balaban J connectivity index is 2.00. The van der Waals surface area contributed by atoms with Gasteiger partial charge in [-0.2, -0.15) is 0 Å². The summed E-state index contributed by atoms with van der Waals surface area (Å²) in [6, 6.07) is 7.87. The third kappa shape index (κ3) is 3.69. The minimum absolute atomic E-state index is 0.000787. The highest BCUT2D eigenvalue weighted by Crippen LogP contribution is 2.27. The van der Waals surface area contributed by atoms with Gasteiger partial charge in [-0.3, -0.25) is 0 Å². The summed E-state index contributed by atoms with van der Waals surface area (Å²) in [6.07, 6.45) is 1.32. The van der Waals surface area contributed by atoms with E-state index in [1.165, 1.54) is 0 Å². The lowest BCUT2D eigenvalue weighted by Crippen LogP contribution is -2.39. The molecular formula is C14H20ClNO2. The van der Waals surface area contributed by atoms with Gasteiger partial charge in [0.05, 0.1) is 19.3 Å². The highest BCUT2D eigenvalue weighted by Gasteiger charge is 2.25. The molecule has 0 amide bonds. The third-order valence-electron chi connectivity index (χ3n) is 2.97. The summed E-state index contributed by atoms with van der Waals surface area (Å²) in [7, 11) is 0. The van der Waals surface area contributed by atoms with Crippen molar-refractivity contribution in [2.24, 2.45) is 0 Å². The van der Waals surface area contributed by atoms with Crippen molar-refractivity contribution >= 4 is 11.6 Å². The molecule has 1 aromatic rings. The van der Waals surface area contributed by atoms with Crippen molar-refractivity contribution in [2.75, 3.05) is 26.3 Å². The number of hydrogen-bond donors (Lipinski definition) is 1. The third-order valence-corrected chi connectivity index (χ3v) is 3.32. The fourth-order valence-corrected chi connectivity index (χ4v) is 2.16. The van der Waals surface area contributed by atoms with Gasteiger partial charge in [0.1, 0.15) is 6.10 Å². The van der Waals surface area contributed by atoms with E-state index < -0.39 is 0 Å². The topological polar surface area (TPSA) is 30.5 Å². The largest absolute Gasteiger partial charge is 0.376 e. The molecule has 1 saturated heterocycles. The second-order valence-corrected chi connectivity index (χ2v) is 4.92. The Morgan fingerprint density at radius 3 is 2.83 bits per heavy atom. The molecule has 100 valence electrons. The minimum Gasteiger partial charge on any atom is -0.376 e. The summed E-state index contributed by atoms with van der Waals surface area (Å²) >= 11 is 6.24. The van der Waals surface area contributed by atoms with Crippen molar-refractivity contribution in [1.82, 2.24) is 5.32 Å². The molecule has 2 rings (SSSR count). The average Bonchev–Trinajstić information content (AvgIpc) is 2.32. The van der Waals surface area contributed by atoms with E-state index in [1.807, 2.05) is 24.3 Å². The molecule has 3 nitrogen and oxygen atoms in total. The van der Waals surface area contributed by atoms with Gasteiger partial charge in [0.15, 0.2) is 0 Å². The van der Waals surface area contributed by atoms with Crippen molar-refractivity contribution in [3.05, 3.63) is 34.9 Å². The number of nitrogens with one attached hydrogen (secondary N) is 1. The van der Waals surface area contributed by atoms with Gasteiger partial charge < -0.3 is 14.8 Å². The minimum atomic E-state index is -0.000787. The summed E-state index contributed by atoms with van der Waals surface area (Å²) in [4.78, 5) is 0. The molecule has 1 aliphatic rings. The van der Waals surface area contributed by atoms with E-state index in [0.29, 0.717) is 13.2 Å². The van der Waals surface area contributed by atoms with E-state index in [1.54, 1.807) is 0 Å². The van der Waals surface area contributed by atoms with Crippen LogP contribution in [0.5, 0.6) is 0 Å². The van der Waals surface area contributed by atoms with Crippen molar-refractivity contribution in [1.29, 1.82) is 0 Å². The van der Waals surface area contributed by atoms with Crippen LogP contribution in [0.4, 0.5) is 0 Å². The molecule has 1 aliphatic heterocycles. The maximum Gasteiger partial charge on any atom is 0.105 e. The first-order valence-electron chi connectivity index (χ1n) is 6.49. The summed E-state index contributed by atoms with van der Waals surface area (Å²) in [5.74, 6) is 0. The fourth-order valence-electron chi connectivity index (χ4n) is 1.90. The first-order chi connectivity index (χ1) is 8.81. The molecule has 18 heavy (non-hydrogen) atoms. The lowest BCUT2D eigenvalue weighted by molar-refractivity contribution is -0.155. The highest BCUT2D eigenvalue weighted by molar-refractivity contribution is 6.31. The molecule has 1 heterocycles. The maximum atomic E-state index is 6.24. The summed E-state index contributed by atoms with van der Waals surface area (Å²) < 4.78 is 11.2. The number of hydrogen-bond acceptors (Lipinski definition) is 3. The smallest absolute Gasteiger partial charge is 0.105 e. The van der Waals surface area contributed by atoms with Crippen LogP contribution in [0.3, 0.4) is 0 Å². The van der Waals surface area contributed by atoms with Gasteiger partial charge in [-0.15, -0.1) is 0 Å². The lowest BCUT2D eigenvalue weighted by atomic mass is 10.1. The Morgan fingerprint density at radius 2 is 2.22 bits per heavy atom. The van der Waals surface area contributed by atoms with Crippen LogP contribution in [0.2, 0.25) is 5.02 Å². The lowest BCUT2D eigenvalue weighted by Gasteiger charge is -2.31. The van der Waals surface area contributed by atoms with Crippen molar-refractivity contribution in [2.45, 2.75) is 25.6 Å². The Kier molecular flexibility index (Phi) is 5.45. The van der Waals surface area contributed by atoms with Gasteiger partial charge in [-0.25, -0.2) is 0 Å². The molecule has 4 heteroatoms. The van der Waals surface area contributed by atoms with Crippen LogP contribution in [0.1, 0.15) is 25.0 Å². The summed E-state index contributed by atoms with van der Waals surface area (Å²) in [5, 5.41) is 4.15. The van der Waals surface area contributed by atoms with E-state index in [9.17, 15) is 0 Å². The molecule has 0 aliphatic carbocycles. The molecule has 1 unspecified atom stereocenters. The van der Waals surface area contributed by atoms with E-state index >= 15 is 0 Å². The fraction of sp³-hybridized carbons (Fsp3) is 0.571. The van der Waals surface area contributed by atoms with E-state index in [0.717, 1.165) is 30.1 Å². The van der Waals surface area contributed by atoms with Crippen LogP contribution in [0.15, 0.2) is 24.3 Å². The Bertz CT molecular complexity index is 369. The first kappa shape index (κ1) is 13.8. The van der Waals surface area contributed by atoms with Crippen LogP contribution in [-0.4, -0.2) is 32.4 Å². The summed E-state index contributed by atoms with van der Waals surface area (Å²) in [5.41, 5.74) is 1.05. The van der Waals surface area contributed by atoms with Crippen LogP contribution < -0.4 is 5.32 Å². The Labute approximate surface area is 113 Å². The van der Waals surface area contributed by atoms with Gasteiger partial charge in [-0.1, -0.05) is 36.7 Å². The van der Waals surface area contributed by atoms with Gasteiger partial charge in [0.2, 0.25) is 0 Å². The number of benzene rings is 1. The summed E-state index contributed by atoms with van der Waals surface area (Å²) in [6.45, 7) is 5.31. The molecule has 1 aromatic carbocycles. The normalized spacial score (nSPS) is 17.4. The first-order valence-corrected chi connectivity index (χ1v) is 6.87. The average molecular weight is 270 g/mol. The molecule has 0 radical (unpaired) electrons. The van der Waals surface area contributed by atoms with E-state index in [-0.39, 0.29) is 12.2 Å². The number of ether oxygens (including phenoxy) is 2. The number of rotatable bonds is 7. The van der Waals surface area contributed by atoms with Gasteiger partial charge >= 0.3 is 0 Å². The molecule has 0 saturated carbocycles. The van der Waals surface area contributed by atoms with Gasteiger partial charge in [0, 0.05) is 17.1 Å². The van der Waals surface area contributed by atoms with Crippen LogP contribution in [-0.2, 0) is 9.47 Å². The maximum absolute atomic E-state index is 6.24. The number of halogens is 1. The molecule has 1 atom stereocenters. The van der Waals surface area contributed by atoms with Gasteiger partial charge in [0.25, 0.3) is 0 Å². The second-order valence-electron chi connectivity index (χ2n) is 4.51. The predicted octanol–water partition coefficient (Wildman–Crippen LogP) is 2.80. The molecule has 0 spiro atoms. The molecule has 1 fully saturated rings. The SMILES string of the molecule is CCCNCC(OC1COC1)c1ccccc1Cl. The Hall–Kier alpha value is -0.610. The highest BCUT2D eigenvalue weighted by atomic mass is 35.5. The standard InChI is InChI=1S/C14H20ClNO2/c1-2-7-16-8-14(18-11-9-17-10-11)12-5-3-4-6-13(12)15/h3-6,11,14,16H,2,7-10H2,1H3. The van der Waals surface area contributed by atoms with Crippen molar-refractivity contribution in [3.8, 4) is 0 Å². The Morgan fingerprint density at radius 1 is 1.44 bits per heavy atom. The zero-order chi connectivity index (χ0) is 12.8. The van der Waals surface area contributed by atoms with Crippen LogP contribution in [0.25, 0.3) is 0 Å². The van der Waals surface area contributed by atoms with Crippen LogP contribution >= 0.6 is 11.6 Å². The van der Waals surface area contributed by atoms with Crippen molar-refractivity contribution < 1.29 is 9.47 Å².